The third kappa shape index (κ3) is 3.09. The monoisotopic (exact) mass is 348 g/mol. The summed E-state index contributed by atoms with van der Waals surface area (Å²) < 4.78 is 2.01. The van der Waals surface area contributed by atoms with E-state index in [4.69, 9.17) is 4.98 Å². The Morgan fingerprint density at radius 3 is 2.58 bits per heavy atom. The van der Waals surface area contributed by atoms with Gasteiger partial charge in [0.1, 0.15) is 23.0 Å². The number of nitrogens with one attached hydrogen (secondary N) is 1. The molecule has 0 radical (unpaired) electrons. The lowest BCUT2D eigenvalue weighted by Gasteiger charge is -2.20. The Morgan fingerprint density at radius 2 is 1.81 bits per heavy atom. The van der Waals surface area contributed by atoms with Gasteiger partial charge >= 0.3 is 0 Å². The molecule has 0 aliphatic heterocycles. The predicted molar refractivity (Wildman–Crippen MR) is 103 cm³/mol. The van der Waals surface area contributed by atoms with E-state index in [9.17, 15) is 4.79 Å². The fraction of sp³-hybridized carbons (Fsp3) is 0.381. The number of hydrogen-bond donors (Lipinski definition) is 1. The molecule has 0 atom stereocenters. The Kier molecular flexibility index (Phi) is 4.45. The van der Waals surface area contributed by atoms with Crippen molar-refractivity contribution in [2.45, 2.75) is 46.0 Å². The first-order valence-corrected chi connectivity index (χ1v) is 9.36. The van der Waals surface area contributed by atoms with Crippen LogP contribution in [0.15, 0.2) is 36.4 Å². The van der Waals surface area contributed by atoms with Crippen molar-refractivity contribution in [1.82, 2.24) is 14.4 Å². The molecule has 1 saturated carbocycles. The number of hydrogen-bond acceptors (Lipinski definition) is 4. The van der Waals surface area contributed by atoms with Crippen LogP contribution >= 0.6 is 0 Å². The average molecular weight is 348 g/mol. The van der Waals surface area contributed by atoms with E-state index in [1.807, 2.05) is 54.6 Å². The largest absolute Gasteiger partial charge is 0.324 e. The Balaban J connectivity index is 1.81. The summed E-state index contributed by atoms with van der Waals surface area (Å²) >= 11 is 0. The molecule has 0 aromatic carbocycles. The summed E-state index contributed by atoms with van der Waals surface area (Å²) in [7, 11) is 0. The van der Waals surface area contributed by atoms with Gasteiger partial charge in [-0.1, -0.05) is 31.4 Å². The first-order valence-electron chi connectivity index (χ1n) is 9.36. The normalized spacial score (nSPS) is 15.3. The number of anilines is 2. The van der Waals surface area contributed by atoms with Crippen LogP contribution in [0.3, 0.4) is 0 Å². The molecule has 26 heavy (non-hydrogen) atoms. The van der Waals surface area contributed by atoms with Crippen LogP contribution in [0, 0.1) is 19.8 Å². The number of Topliss-reactive ketones (excluding diaryl/α,β-unsaturated/α-hetero) is 1. The van der Waals surface area contributed by atoms with Crippen LogP contribution in [0.1, 0.15) is 54.0 Å². The van der Waals surface area contributed by atoms with Gasteiger partial charge in [-0.15, -0.1) is 0 Å². The molecule has 3 aromatic heterocycles. The van der Waals surface area contributed by atoms with E-state index in [1.54, 1.807) is 0 Å². The smallest absolute Gasteiger partial charge is 0.188 e. The Morgan fingerprint density at radius 1 is 1.04 bits per heavy atom. The van der Waals surface area contributed by atoms with Crippen molar-refractivity contribution < 1.29 is 4.79 Å². The summed E-state index contributed by atoms with van der Waals surface area (Å²) in [5.41, 5.74) is 3.29. The van der Waals surface area contributed by atoms with Crippen LogP contribution < -0.4 is 5.32 Å². The van der Waals surface area contributed by atoms with Gasteiger partial charge in [-0.2, -0.15) is 0 Å². The molecule has 0 spiro atoms. The molecule has 0 unspecified atom stereocenters. The van der Waals surface area contributed by atoms with Crippen LogP contribution in [0.5, 0.6) is 0 Å². The third-order valence-corrected chi connectivity index (χ3v) is 5.18. The molecule has 1 aliphatic rings. The molecule has 0 bridgehead atoms. The zero-order valence-electron chi connectivity index (χ0n) is 15.3. The van der Waals surface area contributed by atoms with E-state index in [2.05, 4.69) is 10.3 Å². The Labute approximate surface area is 153 Å². The lowest BCUT2D eigenvalue weighted by atomic mass is 9.85. The number of aryl methyl sites for hydroxylation is 2. The quantitative estimate of drug-likeness (QED) is 0.685. The van der Waals surface area contributed by atoms with Crippen molar-refractivity contribution in [2.24, 2.45) is 5.92 Å². The molecule has 1 N–H and O–H groups in total. The summed E-state index contributed by atoms with van der Waals surface area (Å²) in [6, 6.07) is 11.8. The standard InChI is InChI=1S/C21H24N4O/c1-14-8-6-12-17(22-14)23-21-19(20(26)16-10-4-3-5-11-16)24-18-13-7-9-15(2)25(18)21/h6-9,12-13,16H,3-5,10-11H2,1-2H3,(H,22,23). The van der Waals surface area contributed by atoms with E-state index in [0.29, 0.717) is 5.69 Å². The van der Waals surface area contributed by atoms with Crippen molar-refractivity contribution in [3.63, 3.8) is 0 Å². The van der Waals surface area contributed by atoms with Crippen molar-refractivity contribution in [3.05, 3.63) is 53.5 Å². The molecule has 3 aromatic rings. The summed E-state index contributed by atoms with van der Waals surface area (Å²) in [6.07, 6.45) is 5.42. The zero-order valence-corrected chi connectivity index (χ0v) is 15.3. The number of rotatable bonds is 4. The number of carbonyl (C=O) groups excluding carboxylic acids is 1. The topological polar surface area (TPSA) is 59.3 Å². The molecule has 1 aliphatic carbocycles. The van der Waals surface area contributed by atoms with Crippen LogP contribution in [0.25, 0.3) is 5.65 Å². The molecule has 5 heteroatoms. The molecule has 5 nitrogen and oxygen atoms in total. The first-order chi connectivity index (χ1) is 12.6. The predicted octanol–water partition coefficient (Wildman–Crippen LogP) is 4.85. The lowest BCUT2D eigenvalue weighted by Crippen LogP contribution is -2.19. The number of carbonyl (C=O) groups is 1. The van der Waals surface area contributed by atoms with E-state index in [1.165, 1.54) is 6.42 Å². The lowest BCUT2D eigenvalue weighted by molar-refractivity contribution is 0.0886. The first kappa shape index (κ1) is 16.8. The van der Waals surface area contributed by atoms with Crippen molar-refractivity contribution >= 4 is 23.1 Å². The SMILES string of the molecule is Cc1cccc(Nc2c(C(=O)C3CCCCC3)nc3cccc(C)n23)n1. The maximum absolute atomic E-state index is 13.2. The number of aromatic nitrogens is 3. The molecular formula is C21H24N4O. The second-order valence-corrected chi connectivity index (χ2v) is 7.16. The Hall–Kier alpha value is -2.69. The number of ketones is 1. The summed E-state index contributed by atoms with van der Waals surface area (Å²) in [4.78, 5) is 22.4. The van der Waals surface area contributed by atoms with Gasteiger partial charge in [0.2, 0.25) is 0 Å². The average Bonchev–Trinajstić information content (AvgIpc) is 3.01. The van der Waals surface area contributed by atoms with Crippen LogP contribution in [-0.2, 0) is 0 Å². The van der Waals surface area contributed by atoms with Gasteiger partial charge in [-0.05, 0) is 51.0 Å². The number of fused-ring (bicyclic) bond motifs is 1. The summed E-state index contributed by atoms with van der Waals surface area (Å²) in [6.45, 7) is 3.98. The van der Waals surface area contributed by atoms with E-state index in [0.717, 1.165) is 54.4 Å². The van der Waals surface area contributed by atoms with Gasteiger partial charge in [0.25, 0.3) is 0 Å². The van der Waals surface area contributed by atoms with Crippen LogP contribution in [0.2, 0.25) is 0 Å². The molecule has 0 amide bonds. The molecule has 1 fully saturated rings. The molecule has 0 saturated heterocycles. The second-order valence-electron chi connectivity index (χ2n) is 7.16. The number of nitrogens with zero attached hydrogens (tertiary/aromatic N) is 3. The molecule has 134 valence electrons. The van der Waals surface area contributed by atoms with Crippen LogP contribution in [0.4, 0.5) is 11.6 Å². The van der Waals surface area contributed by atoms with E-state index in [-0.39, 0.29) is 11.7 Å². The molecule has 4 rings (SSSR count). The third-order valence-electron chi connectivity index (χ3n) is 5.18. The van der Waals surface area contributed by atoms with Gasteiger partial charge in [-0.3, -0.25) is 9.20 Å². The van der Waals surface area contributed by atoms with Crippen LogP contribution in [-0.4, -0.2) is 20.2 Å². The van der Waals surface area contributed by atoms with Gasteiger partial charge in [0.05, 0.1) is 0 Å². The van der Waals surface area contributed by atoms with Crippen molar-refractivity contribution in [3.8, 4) is 0 Å². The van der Waals surface area contributed by atoms with E-state index < -0.39 is 0 Å². The Bertz CT molecular complexity index is 954. The highest BCUT2D eigenvalue weighted by molar-refractivity contribution is 6.02. The zero-order chi connectivity index (χ0) is 18.1. The summed E-state index contributed by atoms with van der Waals surface area (Å²) in [5.74, 6) is 1.70. The minimum absolute atomic E-state index is 0.0833. The van der Waals surface area contributed by atoms with Crippen molar-refractivity contribution in [2.75, 3.05) is 5.32 Å². The number of pyridine rings is 2. The fourth-order valence-corrected chi connectivity index (χ4v) is 3.83. The minimum Gasteiger partial charge on any atom is -0.324 e. The highest BCUT2D eigenvalue weighted by atomic mass is 16.1. The second kappa shape index (κ2) is 6.90. The van der Waals surface area contributed by atoms with E-state index >= 15 is 0 Å². The van der Waals surface area contributed by atoms with Gasteiger partial charge in [0.15, 0.2) is 5.78 Å². The van der Waals surface area contributed by atoms with Gasteiger partial charge < -0.3 is 5.32 Å². The van der Waals surface area contributed by atoms with Gasteiger partial charge in [0, 0.05) is 17.3 Å². The summed E-state index contributed by atoms with van der Waals surface area (Å²) in [5, 5.41) is 3.37. The highest BCUT2D eigenvalue weighted by Gasteiger charge is 2.28. The minimum atomic E-state index is 0.0833. The van der Waals surface area contributed by atoms with Gasteiger partial charge in [-0.25, -0.2) is 9.97 Å². The molecular weight excluding hydrogens is 324 g/mol. The number of imidazole rings is 1. The van der Waals surface area contributed by atoms with Crippen molar-refractivity contribution in [1.29, 1.82) is 0 Å². The maximum atomic E-state index is 13.2. The maximum Gasteiger partial charge on any atom is 0.188 e. The highest BCUT2D eigenvalue weighted by Crippen LogP contribution is 2.31. The molecule has 3 heterocycles. The fourth-order valence-electron chi connectivity index (χ4n) is 3.83.